The van der Waals surface area contributed by atoms with E-state index in [4.69, 9.17) is 0 Å². The Morgan fingerprint density at radius 2 is 0.755 bits per heavy atom. The predicted octanol–water partition coefficient (Wildman–Crippen LogP) is 14.8. The van der Waals surface area contributed by atoms with Crippen LogP contribution in [0, 0.1) is 0 Å². The molecule has 0 radical (unpaired) electrons. The van der Waals surface area contributed by atoms with Gasteiger partial charge in [0.15, 0.2) is 0 Å². The van der Waals surface area contributed by atoms with Crippen LogP contribution in [0.5, 0.6) is 0 Å². The monoisotopic (exact) mass is 673 g/mol. The first-order valence-corrected chi connectivity index (χ1v) is 18.3. The van der Waals surface area contributed by atoms with Gasteiger partial charge in [-0.2, -0.15) is 0 Å². The summed E-state index contributed by atoms with van der Waals surface area (Å²) in [5.41, 5.74) is 10.5. The molecule has 0 heterocycles. The van der Waals surface area contributed by atoms with E-state index in [1.165, 1.54) is 76.5 Å². The Morgan fingerprint density at radius 1 is 0.264 bits per heavy atom. The summed E-state index contributed by atoms with van der Waals surface area (Å²) < 4.78 is 0. The van der Waals surface area contributed by atoms with Crippen molar-refractivity contribution in [3.63, 3.8) is 0 Å². The summed E-state index contributed by atoms with van der Waals surface area (Å²) in [4.78, 5) is 2.43. The first-order valence-electron chi connectivity index (χ1n) is 18.3. The first kappa shape index (κ1) is 30.8. The molecule has 0 fully saturated rings. The summed E-state index contributed by atoms with van der Waals surface area (Å²) in [5.74, 6) is 0. The fraction of sp³-hybridized carbons (Fsp3) is 0. The van der Waals surface area contributed by atoms with Gasteiger partial charge in [0, 0.05) is 16.8 Å². The van der Waals surface area contributed by atoms with E-state index in [-0.39, 0.29) is 0 Å². The SMILES string of the molecule is c1ccc(-c2ccccc2N(c2ccc(-c3cccc4ccccc34)cc2)c2ccccc2-c2ccc3c(ccc4ccc5ccccc5c43)c2)cc1. The number of anilines is 3. The van der Waals surface area contributed by atoms with Crippen molar-refractivity contribution in [2.75, 3.05) is 4.90 Å². The zero-order valence-electron chi connectivity index (χ0n) is 29.2. The lowest BCUT2D eigenvalue weighted by Crippen LogP contribution is -2.12. The van der Waals surface area contributed by atoms with E-state index in [2.05, 4.69) is 217 Å². The molecule has 10 aromatic rings. The predicted molar refractivity (Wildman–Crippen MR) is 227 cm³/mol. The van der Waals surface area contributed by atoms with Gasteiger partial charge in [0.2, 0.25) is 0 Å². The Labute approximate surface area is 309 Å². The second-order valence-electron chi connectivity index (χ2n) is 13.7. The maximum Gasteiger partial charge on any atom is 0.0540 e. The van der Waals surface area contributed by atoms with Crippen molar-refractivity contribution in [3.8, 4) is 33.4 Å². The van der Waals surface area contributed by atoms with E-state index in [9.17, 15) is 0 Å². The summed E-state index contributed by atoms with van der Waals surface area (Å²) in [6.07, 6.45) is 0. The van der Waals surface area contributed by atoms with Crippen LogP contribution in [0.3, 0.4) is 0 Å². The molecule has 0 atom stereocenters. The topological polar surface area (TPSA) is 3.24 Å². The molecule has 0 aliphatic heterocycles. The van der Waals surface area contributed by atoms with Crippen LogP contribution in [0.25, 0.3) is 76.5 Å². The van der Waals surface area contributed by atoms with Crippen molar-refractivity contribution in [2.24, 2.45) is 0 Å². The average Bonchev–Trinajstić information content (AvgIpc) is 3.24. The molecule has 0 saturated heterocycles. The number of nitrogens with zero attached hydrogens (tertiary/aromatic N) is 1. The minimum atomic E-state index is 1.10. The normalized spacial score (nSPS) is 11.4. The Bertz CT molecular complexity index is 2940. The molecule has 0 bridgehead atoms. The number of benzene rings is 10. The van der Waals surface area contributed by atoms with Crippen molar-refractivity contribution in [1.29, 1.82) is 0 Å². The van der Waals surface area contributed by atoms with Gasteiger partial charge in [-0.3, -0.25) is 0 Å². The molecule has 0 aliphatic rings. The van der Waals surface area contributed by atoms with Crippen molar-refractivity contribution >= 4 is 60.2 Å². The Morgan fingerprint density at radius 3 is 1.51 bits per heavy atom. The first-order chi connectivity index (χ1) is 26.3. The van der Waals surface area contributed by atoms with Gasteiger partial charge in [0.05, 0.1) is 11.4 Å². The third kappa shape index (κ3) is 5.42. The molecular weight excluding hydrogens is 639 g/mol. The molecule has 1 nitrogen and oxygen atoms in total. The smallest absolute Gasteiger partial charge is 0.0540 e. The van der Waals surface area contributed by atoms with Gasteiger partial charge in [0.1, 0.15) is 0 Å². The number of hydrogen-bond acceptors (Lipinski definition) is 1. The molecule has 1 heteroatoms. The zero-order valence-corrected chi connectivity index (χ0v) is 29.2. The third-order valence-electron chi connectivity index (χ3n) is 10.6. The van der Waals surface area contributed by atoms with Crippen LogP contribution in [0.2, 0.25) is 0 Å². The molecule has 10 aromatic carbocycles. The molecule has 0 spiro atoms. The second-order valence-corrected chi connectivity index (χ2v) is 13.7. The van der Waals surface area contributed by atoms with Crippen LogP contribution in [0.4, 0.5) is 17.1 Å². The molecule has 0 aromatic heterocycles. The molecule has 0 N–H and O–H groups in total. The van der Waals surface area contributed by atoms with E-state index in [1.54, 1.807) is 0 Å². The van der Waals surface area contributed by atoms with Crippen LogP contribution in [0.15, 0.2) is 212 Å². The number of rotatable bonds is 6. The third-order valence-corrected chi connectivity index (χ3v) is 10.6. The summed E-state index contributed by atoms with van der Waals surface area (Å²) in [6, 6.07) is 77.2. The standard InChI is InChI=1S/C52H35N/c1-2-13-37(14-3-1)46-19-8-10-23-50(46)53(43-32-29-39(30-33-43)45-22-12-17-36-15-4-6-18-44(36)45)51-24-11-9-20-47(51)41-31-34-49-42(35-41)28-27-40-26-25-38-16-5-7-21-48(38)52(40)49/h1-35H. The van der Waals surface area contributed by atoms with E-state index >= 15 is 0 Å². The van der Waals surface area contributed by atoms with Crippen molar-refractivity contribution in [3.05, 3.63) is 212 Å². The average molecular weight is 674 g/mol. The Balaban J connectivity index is 1.16. The minimum absolute atomic E-state index is 1.10. The van der Waals surface area contributed by atoms with Gasteiger partial charge in [-0.25, -0.2) is 0 Å². The fourth-order valence-electron chi connectivity index (χ4n) is 8.12. The van der Waals surface area contributed by atoms with Crippen molar-refractivity contribution < 1.29 is 0 Å². The lowest BCUT2D eigenvalue weighted by molar-refractivity contribution is 1.28. The minimum Gasteiger partial charge on any atom is -0.309 e. The summed E-state index contributed by atoms with van der Waals surface area (Å²) in [7, 11) is 0. The van der Waals surface area contributed by atoms with Crippen molar-refractivity contribution in [1.82, 2.24) is 0 Å². The highest BCUT2D eigenvalue weighted by Gasteiger charge is 2.21. The molecule has 248 valence electrons. The van der Waals surface area contributed by atoms with Crippen LogP contribution in [-0.2, 0) is 0 Å². The summed E-state index contributed by atoms with van der Waals surface area (Å²) >= 11 is 0. The van der Waals surface area contributed by atoms with Gasteiger partial charge in [-0.15, -0.1) is 0 Å². The van der Waals surface area contributed by atoms with E-state index in [0.29, 0.717) is 0 Å². The maximum atomic E-state index is 2.43. The molecule has 0 aliphatic carbocycles. The molecule has 10 rings (SSSR count). The number of fused-ring (bicyclic) bond motifs is 6. The molecule has 53 heavy (non-hydrogen) atoms. The second kappa shape index (κ2) is 13.0. The summed E-state index contributed by atoms with van der Waals surface area (Å²) in [6.45, 7) is 0. The Hall–Kier alpha value is -6.96. The van der Waals surface area contributed by atoms with Crippen LogP contribution in [0.1, 0.15) is 0 Å². The number of para-hydroxylation sites is 2. The van der Waals surface area contributed by atoms with Gasteiger partial charge in [-0.1, -0.05) is 182 Å². The summed E-state index contributed by atoms with van der Waals surface area (Å²) in [5, 5.41) is 10.1. The molecule has 0 amide bonds. The van der Waals surface area contributed by atoms with Gasteiger partial charge >= 0.3 is 0 Å². The van der Waals surface area contributed by atoms with Gasteiger partial charge < -0.3 is 4.90 Å². The molecular formula is C52H35N. The Kier molecular flexibility index (Phi) is 7.55. The molecule has 0 saturated carbocycles. The lowest BCUT2D eigenvalue weighted by atomic mass is 9.93. The largest absolute Gasteiger partial charge is 0.309 e. The van der Waals surface area contributed by atoms with Crippen LogP contribution in [-0.4, -0.2) is 0 Å². The number of hydrogen-bond donors (Lipinski definition) is 0. The zero-order chi connectivity index (χ0) is 35.1. The van der Waals surface area contributed by atoms with Gasteiger partial charge in [0.25, 0.3) is 0 Å². The highest BCUT2D eigenvalue weighted by molar-refractivity contribution is 6.20. The van der Waals surface area contributed by atoms with Gasteiger partial charge in [-0.05, 0) is 95.7 Å². The van der Waals surface area contributed by atoms with Crippen molar-refractivity contribution in [2.45, 2.75) is 0 Å². The van der Waals surface area contributed by atoms with E-state index < -0.39 is 0 Å². The molecule has 0 unspecified atom stereocenters. The van der Waals surface area contributed by atoms with Crippen LogP contribution < -0.4 is 4.90 Å². The maximum absolute atomic E-state index is 2.43. The van der Waals surface area contributed by atoms with E-state index in [1.807, 2.05) is 0 Å². The van der Waals surface area contributed by atoms with Crippen LogP contribution >= 0.6 is 0 Å². The fourth-order valence-corrected chi connectivity index (χ4v) is 8.12. The van der Waals surface area contributed by atoms with E-state index in [0.717, 1.165) is 17.1 Å². The lowest BCUT2D eigenvalue weighted by Gasteiger charge is -2.30. The highest BCUT2D eigenvalue weighted by Crippen LogP contribution is 2.46. The quantitative estimate of drug-likeness (QED) is 0.159. The highest BCUT2D eigenvalue weighted by atomic mass is 15.1.